The number of piperidine rings is 1. The van der Waals surface area contributed by atoms with Gasteiger partial charge in [-0.2, -0.15) is 0 Å². The van der Waals surface area contributed by atoms with Crippen molar-refractivity contribution in [3.8, 4) is 5.75 Å². The topological polar surface area (TPSA) is 74.3 Å². The Bertz CT molecular complexity index is 1120. The predicted molar refractivity (Wildman–Crippen MR) is 154 cm³/mol. The molecule has 7 nitrogen and oxygen atoms in total. The van der Waals surface area contributed by atoms with Gasteiger partial charge in [-0.1, -0.05) is 32.1 Å². The van der Waals surface area contributed by atoms with Gasteiger partial charge in [-0.25, -0.2) is 18.4 Å². The molecule has 2 aliphatic heterocycles. The van der Waals surface area contributed by atoms with Crippen LogP contribution in [0.15, 0.2) is 5.57 Å². The number of esters is 1. The Kier molecular flexibility index (Phi) is 10.4. The van der Waals surface area contributed by atoms with Crippen LogP contribution in [0.2, 0.25) is 19.6 Å². The third-order valence-corrected chi connectivity index (χ3v) is 9.04. The van der Waals surface area contributed by atoms with E-state index in [0.717, 1.165) is 0 Å². The number of rotatable bonds is 7. The second-order valence-corrected chi connectivity index (χ2v) is 17.4. The number of carbonyl (C=O) groups is 2. The fourth-order valence-electron chi connectivity index (χ4n) is 5.21. The van der Waals surface area contributed by atoms with Crippen molar-refractivity contribution in [2.45, 2.75) is 98.1 Å². The lowest BCUT2D eigenvalue weighted by atomic mass is 9.88. The molecule has 3 rings (SSSR count). The van der Waals surface area contributed by atoms with Gasteiger partial charge < -0.3 is 23.8 Å². The zero-order valence-electron chi connectivity index (χ0n) is 25.3. The first-order valence-corrected chi connectivity index (χ1v) is 17.9. The summed E-state index contributed by atoms with van der Waals surface area (Å²) in [6, 6.07) is 0. The average molecular weight is 582 g/mol. The second-order valence-electron chi connectivity index (χ2n) is 12.4. The molecule has 10 heteroatoms. The van der Waals surface area contributed by atoms with Crippen LogP contribution in [0.5, 0.6) is 5.75 Å². The van der Waals surface area contributed by atoms with Gasteiger partial charge >= 0.3 is 12.1 Å². The largest absolute Gasteiger partial charge is 0.487 e. The SMILES string of the molecule is CCOC(=O)C(=C1CCN(C(=O)OC(C)(C)C)CC1)c1c(F)c(OC2CCOCC2)c([Si](C)(C)C)c(F)c1CC. The molecule has 0 spiro atoms. The summed E-state index contributed by atoms with van der Waals surface area (Å²) in [5.74, 6) is -2.01. The van der Waals surface area contributed by atoms with Crippen molar-refractivity contribution in [2.24, 2.45) is 0 Å². The third-order valence-electron chi connectivity index (χ3n) is 7.09. The van der Waals surface area contributed by atoms with E-state index in [-0.39, 0.29) is 54.7 Å². The smallest absolute Gasteiger partial charge is 0.410 e. The van der Waals surface area contributed by atoms with Crippen LogP contribution in [0.3, 0.4) is 0 Å². The Labute approximate surface area is 238 Å². The number of hydrogen-bond donors (Lipinski definition) is 0. The van der Waals surface area contributed by atoms with Crippen LogP contribution in [-0.4, -0.2) is 69.7 Å². The van der Waals surface area contributed by atoms with E-state index < -0.39 is 37.4 Å². The highest BCUT2D eigenvalue weighted by molar-refractivity contribution is 6.89. The summed E-state index contributed by atoms with van der Waals surface area (Å²) >= 11 is 0. The van der Waals surface area contributed by atoms with E-state index in [1.54, 1.807) is 39.5 Å². The normalized spacial score (nSPS) is 17.1. The molecule has 0 atom stereocenters. The molecule has 2 fully saturated rings. The van der Waals surface area contributed by atoms with Gasteiger partial charge in [0.05, 0.1) is 33.5 Å². The van der Waals surface area contributed by atoms with E-state index in [4.69, 9.17) is 18.9 Å². The summed E-state index contributed by atoms with van der Waals surface area (Å²) < 4.78 is 55.8. The molecule has 1 amide bonds. The Morgan fingerprint density at radius 2 is 1.62 bits per heavy atom. The number of hydrogen-bond acceptors (Lipinski definition) is 6. The highest BCUT2D eigenvalue weighted by Gasteiger charge is 2.38. The van der Waals surface area contributed by atoms with Gasteiger partial charge in [0, 0.05) is 36.7 Å². The maximum absolute atomic E-state index is 16.8. The quantitative estimate of drug-likeness (QED) is 0.224. The molecule has 1 aromatic rings. The Hall–Kier alpha value is -2.46. The molecule has 0 aliphatic carbocycles. The van der Waals surface area contributed by atoms with Crippen LogP contribution in [0.1, 0.15) is 71.4 Å². The molecule has 0 saturated carbocycles. The molecule has 0 unspecified atom stereocenters. The molecule has 2 aliphatic rings. The van der Waals surface area contributed by atoms with Crippen LogP contribution >= 0.6 is 0 Å². The first-order valence-electron chi connectivity index (χ1n) is 14.4. The molecule has 0 bridgehead atoms. The standard InChI is InChI=1S/C30H45F2NO6Si/c1-9-21-23(25(32)26(27(24(21)31)40(6,7)8)38-20-13-17-36-18-14-20)22(28(34)37-10-2)19-11-15-33(16-12-19)29(35)39-30(3,4)5/h20H,9-18H2,1-8H3. The van der Waals surface area contributed by atoms with Crippen LogP contribution < -0.4 is 9.92 Å². The van der Waals surface area contributed by atoms with E-state index >= 15 is 8.78 Å². The number of halogens is 2. The fourth-order valence-corrected chi connectivity index (χ4v) is 6.87. The lowest BCUT2D eigenvalue weighted by Gasteiger charge is -2.33. The number of ether oxygens (including phenoxy) is 4. The number of nitrogens with zero attached hydrogens (tertiary/aromatic N) is 1. The maximum atomic E-state index is 16.8. The van der Waals surface area contributed by atoms with Gasteiger partial charge in [-0.05, 0) is 52.5 Å². The molecule has 2 heterocycles. The van der Waals surface area contributed by atoms with Crippen LogP contribution in [0, 0.1) is 11.6 Å². The van der Waals surface area contributed by atoms with Crippen molar-refractivity contribution in [3.63, 3.8) is 0 Å². The summed E-state index contributed by atoms with van der Waals surface area (Å²) in [6.07, 6.45) is 1.20. The zero-order chi connectivity index (χ0) is 29.8. The van der Waals surface area contributed by atoms with E-state index in [0.29, 0.717) is 49.7 Å². The van der Waals surface area contributed by atoms with Crippen molar-refractivity contribution in [1.29, 1.82) is 0 Å². The van der Waals surface area contributed by atoms with Crippen molar-refractivity contribution in [3.05, 3.63) is 28.3 Å². The van der Waals surface area contributed by atoms with E-state index in [1.165, 1.54) is 0 Å². The summed E-state index contributed by atoms with van der Waals surface area (Å²) in [7, 11) is -2.43. The van der Waals surface area contributed by atoms with Crippen LogP contribution in [0.25, 0.3) is 5.57 Å². The van der Waals surface area contributed by atoms with Crippen molar-refractivity contribution in [1.82, 2.24) is 4.90 Å². The first kappa shape index (κ1) is 32.1. The molecule has 0 N–H and O–H groups in total. The van der Waals surface area contributed by atoms with Crippen LogP contribution in [0.4, 0.5) is 13.6 Å². The lowest BCUT2D eigenvalue weighted by molar-refractivity contribution is -0.136. The highest BCUT2D eigenvalue weighted by atomic mass is 28.3. The lowest BCUT2D eigenvalue weighted by Crippen LogP contribution is -2.44. The summed E-state index contributed by atoms with van der Waals surface area (Å²) in [5.41, 5.74) is 0.100. The highest BCUT2D eigenvalue weighted by Crippen LogP contribution is 2.38. The van der Waals surface area contributed by atoms with Crippen molar-refractivity contribution in [2.75, 3.05) is 32.9 Å². The molecule has 0 aromatic heterocycles. The number of likely N-dealkylation sites (tertiary alicyclic amines) is 1. The minimum atomic E-state index is -2.43. The minimum Gasteiger partial charge on any atom is -0.487 e. The third kappa shape index (κ3) is 7.43. The second kappa shape index (κ2) is 13.0. The number of carbonyl (C=O) groups excluding carboxylic acids is 2. The van der Waals surface area contributed by atoms with Gasteiger partial charge in [0.25, 0.3) is 0 Å². The van der Waals surface area contributed by atoms with Gasteiger partial charge in [0.1, 0.15) is 17.5 Å². The Balaban J connectivity index is 2.17. The summed E-state index contributed by atoms with van der Waals surface area (Å²) in [6.45, 7) is 16.3. The number of benzene rings is 1. The van der Waals surface area contributed by atoms with Crippen molar-refractivity contribution >= 4 is 30.9 Å². The summed E-state index contributed by atoms with van der Waals surface area (Å²) in [5, 5.41) is 0.296. The maximum Gasteiger partial charge on any atom is 0.410 e. The van der Waals surface area contributed by atoms with Gasteiger partial charge in [-0.15, -0.1) is 0 Å². The molecule has 0 radical (unpaired) electrons. The first-order chi connectivity index (χ1) is 18.7. The van der Waals surface area contributed by atoms with E-state index in [1.807, 2.05) is 19.6 Å². The van der Waals surface area contributed by atoms with Crippen molar-refractivity contribution < 1.29 is 37.3 Å². The van der Waals surface area contributed by atoms with Gasteiger partial charge in [-0.3, -0.25) is 0 Å². The van der Waals surface area contributed by atoms with Gasteiger partial charge in [0.15, 0.2) is 11.6 Å². The molecule has 1 aromatic carbocycles. The minimum absolute atomic E-state index is 0.0397. The zero-order valence-corrected chi connectivity index (χ0v) is 26.3. The number of amides is 1. The van der Waals surface area contributed by atoms with Crippen LogP contribution in [-0.2, 0) is 25.4 Å². The predicted octanol–water partition coefficient (Wildman–Crippen LogP) is 5.98. The molecule has 224 valence electrons. The fraction of sp³-hybridized carbons (Fsp3) is 0.667. The molecular formula is C30H45F2NO6Si. The molecule has 2 saturated heterocycles. The monoisotopic (exact) mass is 581 g/mol. The van der Waals surface area contributed by atoms with E-state index in [9.17, 15) is 9.59 Å². The Morgan fingerprint density at radius 3 is 2.12 bits per heavy atom. The van der Waals surface area contributed by atoms with E-state index in [2.05, 4.69) is 0 Å². The molecule has 40 heavy (non-hydrogen) atoms. The molecular weight excluding hydrogens is 536 g/mol. The summed E-state index contributed by atoms with van der Waals surface area (Å²) in [4.78, 5) is 27.6. The Morgan fingerprint density at radius 1 is 1.02 bits per heavy atom. The average Bonchev–Trinajstić information content (AvgIpc) is 2.86. The van der Waals surface area contributed by atoms with Gasteiger partial charge in [0.2, 0.25) is 0 Å².